The molecule has 0 unspecified atom stereocenters. The van der Waals surface area contributed by atoms with Gasteiger partial charge in [-0.2, -0.15) is 0 Å². The number of carboxylic acid groups (broad SMARTS) is 1. The molecule has 0 heterocycles. The van der Waals surface area contributed by atoms with Crippen molar-refractivity contribution in [3.8, 4) is 0 Å². The van der Waals surface area contributed by atoms with Crippen LogP contribution in [0.4, 0.5) is 5.69 Å². The fraction of sp³-hybridized carbons (Fsp3) is 0.0714. The van der Waals surface area contributed by atoms with Gasteiger partial charge in [-0.1, -0.05) is 24.3 Å². The Hall–Kier alpha value is -1.56. The minimum Gasteiger partial charge on any atom is -0.478 e. The van der Waals surface area contributed by atoms with E-state index in [2.05, 4.69) is 27.9 Å². The normalized spacial score (nSPS) is 10.1. The van der Waals surface area contributed by atoms with E-state index in [0.29, 0.717) is 12.1 Å². The van der Waals surface area contributed by atoms with Crippen molar-refractivity contribution in [3.63, 3.8) is 0 Å². The zero-order valence-electron chi connectivity index (χ0n) is 9.56. The summed E-state index contributed by atoms with van der Waals surface area (Å²) in [5.41, 5.74) is 2.45. The van der Waals surface area contributed by atoms with Gasteiger partial charge in [0.25, 0.3) is 0 Å². The van der Waals surface area contributed by atoms with Crippen molar-refractivity contribution in [3.05, 3.63) is 63.2 Å². The largest absolute Gasteiger partial charge is 0.478 e. The average molecular weight is 353 g/mol. The number of rotatable bonds is 4. The molecule has 0 saturated carbocycles. The summed E-state index contributed by atoms with van der Waals surface area (Å²) in [5.74, 6) is -0.896. The third-order valence-electron chi connectivity index (χ3n) is 2.56. The van der Waals surface area contributed by atoms with Crippen LogP contribution in [0.15, 0.2) is 48.5 Å². The second-order valence-electron chi connectivity index (χ2n) is 3.84. The number of hydrogen-bond acceptors (Lipinski definition) is 2. The zero-order valence-corrected chi connectivity index (χ0v) is 11.7. The van der Waals surface area contributed by atoms with Crippen molar-refractivity contribution >= 4 is 34.2 Å². The molecule has 0 radical (unpaired) electrons. The molecule has 0 bridgehead atoms. The fourth-order valence-corrected chi connectivity index (χ4v) is 2.15. The molecule has 92 valence electrons. The standard InChI is InChI=1S/C14H12INO2/c15-12-3-1-2-4-13(12)16-9-10-5-7-11(8-6-10)14(17)18/h1-8,16H,9H2,(H,17,18). The lowest BCUT2D eigenvalue weighted by molar-refractivity contribution is 0.0697. The number of aromatic carboxylic acids is 1. The van der Waals surface area contributed by atoms with Crippen LogP contribution in [0.25, 0.3) is 0 Å². The molecule has 4 heteroatoms. The molecule has 2 aromatic carbocycles. The van der Waals surface area contributed by atoms with Crippen molar-refractivity contribution in [1.82, 2.24) is 0 Å². The highest BCUT2D eigenvalue weighted by Gasteiger charge is 2.02. The van der Waals surface area contributed by atoms with Crippen LogP contribution in [-0.4, -0.2) is 11.1 Å². The van der Waals surface area contributed by atoms with Gasteiger partial charge in [0.05, 0.1) is 5.56 Å². The highest BCUT2D eigenvalue weighted by Crippen LogP contribution is 2.18. The molecular formula is C14H12INO2. The maximum absolute atomic E-state index is 10.7. The smallest absolute Gasteiger partial charge is 0.335 e. The maximum atomic E-state index is 10.7. The Bertz CT molecular complexity index is 552. The van der Waals surface area contributed by atoms with E-state index in [-0.39, 0.29) is 0 Å². The number of halogens is 1. The number of carboxylic acids is 1. The molecule has 3 nitrogen and oxygen atoms in total. The molecule has 18 heavy (non-hydrogen) atoms. The van der Waals surface area contributed by atoms with Gasteiger partial charge in [-0.05, 0) is 52.4 Å². The highest BCUT2D eigenvalue weighted by molar-refractivity contribution is 14.1. The molecule has 0 aliphatic heterocycles. The molecule has 0 amide bonds. The van der Waals surface area contributed by atoms with Gasteiger partial charge in [0.2, 0.25) is 0 Å². The Kier molecular flexibility index (Phi) is 4.19. The van der Waals surface area contributed by atoms with Gasteiger partial charge in [-0.15, -0.1) is 0 Å². The lowest BCUT2D eigenvalue weighted by Crippen LogP contribution is -2.02. The molecule has 2 rings (SSSR count). The van der Waals surface area contributed by atoms with Gasteiger partial charge >= 0.3 is 5.97 Å². The minimum absolute atomic E-state index is 0.313. The predicted octanol–water partition coefficient (Wildman–Crippen LogP) is 3.60. The summed E-state index contributed by atoms with van der Waals surface area (Å²) in [4.78, 5) is 10.7. The lowest BCUT2D eigenvalue weighted by Gasteiger charge is -2.08. The summed E-state index contributed by atoms with van der Waals surface area (Å²) in [7, 11) is 0. The molecule has 0 aliphatic rings. The number of hydrogen-bond donors (Lipinski definition) is 2. The number of nitrogens with one attached hydrogen (secondary N) is 1. The van der Waals surface area contributed by atoms with Gasteiger partial charge < -0.3 is 10.4 Å². The third kappa shape index (κ3) is 3.22. The molecular weight excluding hydrogens is 341 g/mol. The Morgan fingerprint density at radius 3 is 2.39 bits per heavy atom. The summed E-state index contributed by atoms with van der Waals surface area (Å²) in [5, 5.41) is 12.1. The topological polar surface area (TPSA) is 49.3 Å². The zero-order chi connectivity index (χ0) is 13.0. The summed E-state index contributed by atoms with van der Waals surface area (Å²) in [6.45, 7) is 0.680. The van der Waals surface area contributed by atoms with Gasteiger partial charge in [0, 0.05) is 15.8 Å². The molecule has 0 saturated heterocycles. The first-order valence-electron chi connectivity index (χ1n) is 5.47. The summed E-state index contributed by atoms with van der Waals surface area (Å²) in [6.07, 6.45) is 0. The quantitative estimate of drug-likeness (QED) is 0.826. The van der Waals surface area contributed by atoms with Crippen molar-refractivity contribution in [2.24, 2.45) is 0 Å². The first-order chi connectivity index (χ1) is 8.66. The first kappa shape index (κ1) is 12.9. The van der Waals surface area contributed by atoms with E-state index in [0.717, 1.165) is 14.8 Å². The van der Waals surface area contributed by atoms with Crippen LogP contribution in [-0.2, 0) is 6.54 Å². The number of para-hydroxylation sites is 1. The second-order valence-corrected chi connectivity index (χ2v) is 5.00. The van der Waals surface area contributed by atoms with Crippen LogP contribution in [0.2, 0.25) is 0 Å². The van der Waals surface area contributed by atoms with Crippen molar-refractivity contribution < 1.29 is 9.90 Å². The van der Waals surface area contributed by atoms with Gasteiger partial charge in [0.15, 0.2) is 0 Å². The van der Waals surface area contributed by atoms with Gasteiger partial charge in [0.1, 0.15) is 0 Å². The van der Waals surface area contributed by atoms with Crippen LogP contribution in [0.3, 0.4) is 0 Å². The molecule has 2 aromatic rings. The van der Waals surface area contributed by atoms with E-state index in [1.165, 1.54) is 0 Å². The Morgan fingerprint density at radius 2 is 1.78 bits per heavy atom. The second kappa shape index (κ2) is 5.86. The number of carbonyl (C=O) groups is 1. The van der Waals surface area contributed by atoms with Crippen LogP contribution in [0.1, 0.15) is 15.9 Å². The molecule has 0 aromatic heterocycles. The average Bonchev–Trinajstić information content (AvgIpc) is 2.38. The Morgan fingerprint density at radius 1 is 1.11 bits per heavy atom. The molecule has 2 N–H and O–H groups in total. The van der Waals surface area contributed by atoms with E-state index in [1.54, 1.807) is 12.1 Å². The molecule has 0 spiro atoms. The van der Waals surface area contributed by atoms with E-state index in [1.807, 2.05) is 36.4 Å². The molecule has 0 fully saturated rings. The van der Waals surface area contributed by atoms with E-state index >= 15 is 0 Å². The lowest BCUT2D eigenvalue weighted by atomic mass is 10.1. The van der Waals surface area contributed by atoms with Gasteiger partial charge in [-0.25, -0.2) is 4.79 Å². The minimum atomic E-state index is -0.896. The monoisotopic (exact) mass is 353 g/mol. The van der Waals surface area contributed by atoms with Crippen LogP contribution >= 0.6 is 22.6 Å². The highest BCUT2D eigenvalue weighted by atomic mass is 127. The van der Waals surface area contributed by atoms with Crippen LogP contribution in [0.5, 0.6) is 0 Å². The van der Waals surface area contributed by atoms with E-state index < -0.39 is 5.97 Å². The fourth-order valence-electron chi connectivity index (χ4n) is 1.57. The first-order valence-corrected chi connectivity index (χ1v) is 6.55. The van der Waals surface area contributed by atoms with Gasteiger partial charge in [-0.3, -0.25) is 0 Å². The summed E-state index contributed by atoms with van der Waals surface area (Å²) >= 11 is 2.28. The molecule has 0 atom stereocenters. The van der Waals surface area contributed by atoms with E-state index in [4.69, 9.17) is 5.11 Å². The Labute approximate surface area is 119 Å². The predicted molar refractivity (Wildman–Crippen MR) is 79.9 cm³/mol. The number of anilines is 1. The van der Waals surface area contributed by atoms with Crippen LogP contribution in [0, 0.1) is 3.57 Å². The summed E-state index contributed by atoms with van der Waals surface area (Å²) in [6, 6.07) is 14.9. The van der Waals surface area contributed by atoms with E-state index in [9.17, 15) is 4.79 Å². The van der Waals surface area contributed by atoms with Crippen molar-refractivity contribution in [2.45, 2.75) is 6.54 Å². The SMILES string of the molecule is O=C(O)c1ccc(CNc2ccccc2I)cc1. The Balaban J connectivity index is 2.02. The van der Waals surface area contributed by atoms with Crippen molar-refractivity contribution in [2.75, 3.05) is 5.32 Å². The number of benzene rings is 2. The maximum Gasteiger partial charge on any atom is 0.335 e. The molecule has 0 aliphatic carbocycles. The van der Waals surface area contributed by atoms with Crippen LogP contribution < -0.4 is 5.32 Å². The van der Waals surface area contributed by atoms with Crippen molar-refractivity contribution in [1.29, 1.82) is 0 Å². The summed E-state index contributed by atoms with van der Waals surface area (Å²) < 4.78 is 1.16. The third-order valence-corrected chi connectivity index (χ3v) is 3.50.